The Morgan fingerprint density at radius 3 is 2.28 bits per heavy atom. The molecule has 0 heterocycles. The van der Waals surface area contributed by atoms with Crippen molar-refractivity contribution in [3.63, 3.8) is 0 Å². The first kappa shape index (κ1) is 21.1. The minimum Gasteiger partial charge on any atom is -0.323 e. The van der Waals surface area contributed by atoms with Crippen LogP contribution in [0.2, 0.25) is 10.0 Å². The molecule has 0 bridgehead atoms. The first-order valence-corrected chi connectivity index (χ1v) is 10.6. The molecule has 150 valence electrons. The number of rotatable bonds is 6. The second-order valence-corrected chi connectivity index (χ2v) is 8.68. The fraction of sp³-hybridized carbons (Fsp3) is 0.0500. The smallest absolute Gasteiger partial charge is 0.264 e. The van der Waals surface area contributed by atoms with Gasteiger partial charge in [-0.15, -0.1) is 0 Å². The summed E-state index contributed by atoms with van der Waals surface area (Å²) < 4.78 is 40.5. The summed E-state index contributed by atoms with van der Waals surface area (Å²) in [4.78, 5) is 12.6. The van der Waals surface area contributed by atoms with Gasteiger partial charge in [0.2, 0.25) is 5.91 Å². The van der Waals surface area contributed by atoms with Gasteiger partial charge in [0.05, 0.1) is 21.3 Å². The molecule has 3 rings (SSSR count). The monoisotopic (exact) mass is 452 g/mol. The van der Waals surface area contributed by atoms with E-state index in [9.17, 15) is 17.6 Å². The molecule has 3 aromatic carbocycles. The van der Waals surface area contributed by atoms with Crippen LogP contribution in [0.25, 0.3) is 0 Å². The fourth-order valence-corrected chi connectivity index (χ4v) is 4.33. The standard InChI is InChI=1S/C20H15Cl2FN2O3S/c21-14-6-11-18(22)19(12-14)24-20(26)13-25(16-9-7-15(23)8-10-16)29(27,28)17-4-2-1-3-5-17/h1-12H,13H2,(H,24,26). The summed E-state index contributed by atoms with van der Waals surface area (Å²) in [5.41, 5.74) is 0.392. The van der Waals surface area contributed by atoms with E-state index in [0.29, 0.717) is 5.02 Å². The van der Waals surface area contributed by atoms with E-state index in [1.165, 1.54) is 36.4 Å². The molecule has 0 spiro atoms. The highest BCUT2D eigenvalue weighted by Crippen LogP contribution is 2.27. The highest BCUT2D eigenvalue weighted by molar-refractivity contribution is 7.92. The lowest BCUT2D eigenvalue weighted by Gasteiger charge is -2.24. The van der Waals surface area contributed by atoms with Crippen molar-refractivity contribution in [3.05, 3.63) is 88.7 Å². The van der Waals surface area contributed by atoms with Crippen LogP contribution in [0, 0.1) is 5.82 Å². The lowest BCUT2D eigenvalue weighted by atomic mass is 10.3. The Labute approximate surface area is 177 Å². The Bertz CT molecular complexity index is 1120. The summed E-state index contributed by atoms with van der Waals surface area (Å²) in [7, 11) is -4.08. The predicted molar refractivity (Wildman–Crippen MR) is 112 cm³/mol. The number of sulfonamides is 1. The van der Waals surface area contributed by atoms with Crippen LogP contribution in [-0.2, 0) is 14.8 Å². The molecule has 1 N–H and O–H groups in total. The zero-order valence-corrected chi connectivity index (χ0v) is 17.2. The third-order valence-corrected chi connectivity index (χ3v) is 6.29. The molecule has 0 saturated heterocycles. The van der Waals surface area contributed by atoms with Gasteiger partial charge in [-0.25, -0.2) is 12.8 Å². The number of carbonyl (C=O) groups is 1. The summed E-state index contributed by atoms with van der Waals surface area (Å²) in [6.07, 6.45) is 0. The molecule has 0 aliphatic carbocycles. The summed E-state index contributed by atoms with van der Waals surface area (Å²) in [6.45, 7) is -0.550. The largest absolute Gasteiger partial charge is 0.323 e. The second kappa shape index (κ2) is 8.82. The van der Waals surface area contributed by atoms with Crippen molar-refractivity contribution in [2.24, 2.45) is 0 Å². The first-order chi connectivity index (χ1) is 13.8. The summed E-state index contributed by atoms with van der Waals surface area (Å²) in [6, 6.07) is 17.0. The SMILES string of the molecule is O=C(CN(c1ccc(F)cc1)S(=O)(=O)c1ccccc1)Nc1cc(Cl)ccc1Cl. The van der Waals surface area contributed by atoms with Crippen LogP contribution in [0.1, 0.15) is 0 Å². The Kier molecular flexibility index (Phi) is 6.42. The van der Waals surface area contributed by atoms with E-state index in [0.717, 1.165) is 16.4 Å². The number of hydrogen-bond acceptors (Lipinski definition) is 3. The van der Waals surface area contributed by atoms with E-state index in [2.05, 4.69) is 5.32 Å². The van der Waals surface area contributed by atoms with Crippen molar-refractivity contribution in [1.29, 1.82) is 0 Å². The van der Waals surface area contributed by atoms with E-state index in [4.69, 9.17) is 23.2 Å². The van der Waals surface area contributed by atoms with Gasteiger partial charge in [0.15, 0.2) is 0 Å². The van der Waals surface area contributed by atoms with Crippen molar-refractivity contribution < 1.29 is 17.6 Å². The second-order valence-electron chi connectivity index (χ2n) is 5.97. The van der Waals surface area contributed by atoms with Crippen molar-refractivity contribution >= 4 is 50.5 Å². The number of nitrogens with zero attached hydrogens (tertiary/aromatic N) is 1. The van der Waals surface area contributed by atoms with Crippen LogP contribution in [0.3, 0.4) is 0 Å². The molecule has 0 aromatic heterocycles. The quantitative estimate of drug-likeness (QED) is 0.574. The van der Waals surface area contributed by atoms with Crippen LogP contribution < -0.4 is 9.62 Å². The molecular formula is C20H15Cl2FN2O3S. The Balaban J connectivity index is 1.94. The van der Waals surface area contributed by atoms with Gasteiger partial charge in [0.25, 0.3) is 10.0 Å². The normalized spacial score (nSPS) is 11.1. The zero-order valence-electron chi connectivity index (χ0n) is 14.8. The van der Waals surface area contributed by atoms with Crippen molar-refractivity contribution in [1.82, 2.24) is 0 Å². The maximum atomic E-state index is 13.3. The predicted octanol–water partition coefficient (Wildman–Crippen LogP) is 4.97. The van der Waals surface area contributed by atoms with E-state index >= 15 is 0 Å². The third kappa shape index (κ3) is 5.06. The lowest BCUT2D eigenvalue weighted by molar-refractivity contribution is -0.114. The molecule has 3 aromatic rings. The van der Waals surface area contributed by atoms with Crippen LogP contribution in [-0.4, -0.2) is 20.9 Å². The van der Waals surface area contributed by atoms with Gasteiger partial charge in [-0.1, -0.05) is 41.4 Å². The number of amides is 1. The molecule has 0 aliphatic heterocycles. The zero-order chi connectivity index (χ0) is 21.0. The van der Waals surface area contributed by atoms with Crippen LogP contribution in [0.15, 0.2) is 77.7 Å². The van der Waals surface area contributed by atoms with Gasteiger partial charge in [-0.05, 0) is 54.6 Å². The third-order valence-electron chi connectivity index (χ3n) is 3.94. The highest BCUT2D eigenvalue weighted by atomic mass is 35.5. The molecule has 9 heteroatoms. The maximum absolute atomic E-state index is 13.3. The Hall–Kier alpha value is -2.61. The Morgan fingerprint density at radius 2 is 1.62 bits per heavy atom. The van der Waals surface area contributed by atoms with Crippen LogP contribution in [0.4, 0.5) is 15.8 Å². The molecule has 0 radical (unpaired) electrons. The molecule has 0 atom stereocenters. The minimum absolute atomic E-state index is 0.00193. The first-order valence-electron chi connectivity index (χ1n) is 8.35. The number of hydrogen-bond donors (Lipinski definition) is 1. The average molecular weight is 453 g/mol. The van der Waals surface area contributed by atoms with Crippen LogP contribution in [0.5, 0.6) is 0 Å². The Morgan fingerprint density at radius 1 is 0.966 bits per heavy atom. The fourth-order valence-electron chi connectivity index (χ4n) is 2.56. The van der Waals surface area contributed by atoms with E-state index < -0.39 is 28.3 Å². The summed E-state index contributed by atoms with van der Waals surface area (Å²) in [5, 5.41) is 3.16. The molecule has 1 amide bonds. The minimum atomic E-state index is -4.08. The number of nitrogens with one attached hydrogen (secondary N) is 1. The number of anilines is 2. The van der Waals surface area contributed by atoms with Gasteiger partial charge < -0.3 is 5.32 Å². The molecule has 5 nitrogen and oxygen atoms in total. The van der Waals surface area contributed by atoms with E-state index in [1.807, 2.05) is 0 Å². The highest BCUT2D eigenvalue weighted by Gasteiger charge is 2.27. The lowest BCUT2D eigenvalue weighted by Crippen LogP contribution is -2.38. The van der Waals surface area contributed by atoms with Gasteiger partial charge in [0.1, 0.15) is 12.4 Å². The molecule has 0 aliphatic rings. The molecule has 0 fully saturated rings. The van der Waals surface area contributed by atoms with E-state index in [-0.39, 0.29) is 21.3 Å². The number of carbonyl (C=O) groups excluding carboxylic acids is 1. The molecule has 29 heavy (non-hydrogen) atoms. The number of benzene rings is 3. The summed E-state index contributed by atoms with van der Waals surface area (Å²) in [5.74, 6) is -1.17. The van der Waals surface area contributed by atoms with Crippen LogP contribution >= 0.6 is 23.2 Å². The number of halogens is 3. The van der Waals surface area contributed by atoms with E-state index in [1.54, 1.807) is 24.3 Å². The van der Waals surface area contributed by atoms with Crippen molar-refractivity contribution in [2.75, 3.05) is 16.2 Å². The average Bonchev–Trinajstić information content (AvgIpc) is 2.70. The maximum Gasteiger partial charge on any atom is 0.264 e. The topological polar surface area (TPSA) is 66.5 Å². The van der Waals surface area contributed by atoms with Crippen molar-refractivity contribution in [3.8, 4) is 0 Å². The van der Waals surface area contributed by atoms with Gasteiger partial charge in [0, 0.05) is 5.02 Å². The summed E-state index contributed by atoms with van der Waals surface area (Å²) >= 11 is 12.0. The molecule has 0 saturated carbocycles. The van der Waals surface area contributed by atoms with Gasteiger partial charge in [-0.3, -0.25) is 9.10 Å². The van der Waals surface area contributed by atoms with Crippen molar-refractivity contribution in [2.45, 2.75) is 4.90 Å². The van der Waals surface area contributed by atoms with Gasteiger partial charge in [-0.2, -0.15) is 0 Å². The van der Waals surface area contributed by atoms with Gasteiger partial charge >= 0.3 is 0 Å². The molecule has 0 unspecified atom stereocenters. The molecular weight excluding hydrogens is 438 g/mol.